The normalized spacial score (nSPS) is 23.4. The number of unbranched alkanes of at least 4 members (excludes halogenated alkanes) is 2. The fourth-order valence-electron chi connectivity index (χ4n) is 4.59. The minimum absolute atomic E-state index is 0.190. The van der Waals surface area contributed by atoms with E-state index in [2.05, 4.69) is 24.3 Å². The van der Waals surface area contributed by atoms with Crippen molar-refractivity contribution in [2.75, 3.05) is 13.2 Å². The second kappa shape index (κ2) is 15.7. The lowest BCUT2D eigenvalue weighted by Crippen LogP contribution is -2.60. The number of hydrogen-bond acceptors (Lipinski definition) is 6. The average Bonchev–Trinajstić information content (AvgIpc) is 2.96. The molecule has 0 radical (unpaired) electrons. The molecule has 3 aromatic rings. The number of ether oxygens (including phenoxy) is 5. The van der Waals surface area contributed by atoms with Crippen LogP contribution in [0.2, 0.25) is 0 Å². The van der Waals surface area contributed by atoms with Crippen LogP contribution in [-0.2, 0) is 43.5 Å². The molecule has 0 unspecified atom stereocenters. The van der Waals surface area contributed by atoms with Gasteiger partial charge in [0.2, 0.25) is 0 Å². The molecule has 0 aromatic heterocycles. The third-order valence-electron chi connectivity index (χ3n) is 6.67. The Hall–Kier alpha value is -2.58. The second-order valence-electron chi connectivity index (χ2n) is 9.65. The second-order valence-corrected chi connectivity index (χ2v) is 9.65. The number of aliphatic hydroxyl groups excluding tert-OH is 1. The van der Waals surface area contributed by atoms with Crippen LogP contribution in [0.1, 0.15) is 42.9 Å². The lowest BCUT2D eigenvalue weighted by Gasteiger charge is -2.45. The predicted molar refractivity (Wildman–Crippen MR) is 146 cm³/mol. The first-order valence-electron chi connectivity index (χ1n) is 13.6. The van der Waals surface area contributed by atoms with Crippen molar-refractivity contribution in [3.05, 3.63) is 108 Å². The highest BCUT2D eigenvalue weighted by molar-refractivity contribution is 5.15. The van der Waals surface area contributed by atoms with E-state index >= 15 is 0 Å². The van der Waals surface area contributed by atoms with Crippen LogP contribution in [0.5, 0.6) is 0 Å². The molecule has 0 bridgehead atoms. The summed E-state index contributed by atoms with van der Waals surface area (Å²) in [5, 5.41) is 9.10. The van der Waals surface area contributed by atoms with Gasteiger partial charge in [-0.25, -0.2) is 0 Å². The maximum absolute atomic E-state index is 9.10. The number of aliphatic hydroxyl groups is 1. The Morgan fingerprint density at radius 3 is 1.55 bits per heavy atom. The van der Waals surface area contributed by atoms with Gasteiger partial charge in [-0.1, -0.05) is 91.0 Å². The Bertz CT molecular complexity index is 1020. The van der Waals surface area contributed by atoms with Crippen molar-refractivity contribution < 1.29 is 28.8 Å². The highest BCUT2D eigenvalue weighted by Gasteiger charge is 2.47. The summed E-state index contributed by atoms with van der Waals surface area (Å²) in [5.74, 6) is 0. The number of hydrogen-bond donors (Lipinski definition) is 1. The third kappa shape index (κ3) is 8.73. The maximum Gasteiger partial charge on any atom is 0.186 e. The molecule has 0 saturated carbocycles. The smallest absolute Gasteiger partial charge is 0.186 e. The van der Waals surface area contributed by atoms with Crippen LogP contribution < -0.4 is 0 Å². The molecule has 204 valence electrons. The van der Waals surface area contributed by atoms with Gasteiger partial charge < -0.3 is 28.8 Å². The van der Waals surface area contributed by atoms with Crippen LogP contribution >= 0.6 is 0 Å². The van der Waals surface area contributed by atoms with Crippen LogP contribution in [0.15, 0.2) is 91.0 Å². The zero-order valence-electron chi connectivity index (χ0n) is 22.2. The van der Waals surface area contributed by atoms with Gasteiger partial charge in [-0.2, -0.15) is 0 Å². The first kappa shape index (κ1) is 28.4. The topological polar surface area (TPSA) is 66.4 Å². The fraction of sp³-hybridized carbons (Fsp3) is 0.438. The van der Waals surface area contributed by atoms with E-state index in [1.807, 2.05) is 73.7 Å². The summed E-state index contributed by atoms with van der Waals surface area (Å²) in [6.45, 7) is 3.99. The van der Waals surface area contributed by atoms with Crippen molar-refractivity contribution >= 4 is 0 Å². The van der Waals surface area contributed by atoms with Gasteiger partial charge in [0.15, 0.2) is 6.29 Å². The zero-order chi connectivity index (χ0) is 26.4. The highest BCUT2D eigenvalue weighted by Crippen LogP contribution is 2.31. The molecule has 5 atom stereocenters. The van der Waals surface area contributed by atoms with Gasteiger partial charge in [0.1, 0.15) is 18.3 Å². The van der Waals surface area contributed by atoms with Gasteiger partial charge in [0, 0.05) is 13.2 Å². The molecule has 1 saturated heterocycles. The van der Waals surface area contributed by atoms with E-state index in [4.69, 9.17) is 28.8 Å². The van der Waals surface area contributed by atoms with E-state index in [0.29, 0.717) is 26.4 Å². The average molecular weight is 521 g/mol. The van der Waals surface area contributed by atoms with Crippen molar-refractivity contribution in [2.45, 2.75) is 76.7 Å². The van der Waals surface area contributed by atoms with E-state index in [-0.39, 0.29) is 18.8 Å². The van der Waals surface area contributed by atoms with E-state index in [1.54, 1.807) is 0 Å². The molecule has 38 heavy (non-hydrogen) atoms. The molecule has 6 heteroatoms. The SMILES string of the molecule is C[C@@H]1O[C@@H](OCCCCCO)[C@H](OCc2ccccc2)[C@H](OCc2ccccc2)[C@H]1OCc1ccccc1. The molecule has 0 amide bonds. The molecular formula is C32H40O6. The summed E-state index contributed by atoms with van der Waals surface area (Å²) < 4.78 is 32.1. The van der Waals surface area contributed by atoms with Gasteiger partial charge >= 0.3 is 0 Å². The van der Waals surface area contributed by atoms with E-state index in [1.165, 1.54) is 0 Å². The van der Waals surface area contributed by atoms with Gasteiger partial charge in [-0.05, 0) is 42.9 Å². The first-order chi connectivity index (χ1) is 18.7. The van der Waals surface area contributed by atoms with E-state index in [0.717, 1.165) is 36.0 Å². The fourth-order valence-corrected chi connectivity index (χ4v) is 4.59. The molecule has 3 aromatic carbocycles. The summed E-state index contributed by atoms with van der Waals surface area (Å²) >= 11 is 0. The Morgan fingerprint density at radius 1 is 0.579 bits per heavy atom. The van der Waals surface area contributed by atoms with Crippen LogP contribution in [0.3, 0.4) is 0 Å². The molecular weight excluding hydrogens is 480 g/mol. The largest absolute Gasteiger partial charge is 0.396 e. The van der Waals surface area contributed by atoms with Gasteiger partial charge in [0.05, 0.1) is 25.9 Å². The minimum Gasteiger partial charge on any atom is -0.396 e. The lowest BCUT2D eigenvalue weighted by molar-refractivity contribution is -0.320. The first-order valence-corrected chi connectivity index (χ1v) is 13.6. The van der Waals surface area contributed by atoms with Crippen molar-refractivity contribution in [3.8, 4) is 0 Å². The molecule has 1 aliphatic rings. The van der Waals surface area contributed by atoms with Crippen LogP contribution in [0.25, 0.3) is 0 Å². The van der Waals surface area contributed by atoms with Crippen molar-refractivity contribution in [1.82, 2.24) is 0 Å². The molecule has 1 N–H and O–H groups in total. The highest BCUT2D eigenvalue weighted by atomic mass is 16.7. The summed E-state index contributed by atoms with van der Waals surface area (Å²) in [6.07, 6.45) is 0.377. The molecule has 0 aliphatic carbocycles. The molecule has 4 rings (SSSR count). The summed E-state index contributed by atoms with van der Waals surface area (Å²) in [7, 11) is 0. The molecule has 1 heterocycles. The molecule has 1 aliphatic heterocycles. The minimum atomic E-state index is -0.597. The number of benzene rings is 3. The summed E-state index contributed by atoms with van der Waals surface area (Å²) in [5.41, 5.74) is 3.23. The monoisotopic (exact) mass is 520 g/mol. The third-order valence-corrected chi connectivity index (χ3v) is 6.67. The lowest BCUT2D eigenvalue weighted by atomic mass is 9.98. The van der Waals surface area contributed by atoms with Gasteiger partial charge in [0.25, 0.3) is 0 Å². The number of rotatable bonds is 15. The maximum atomic E-state index is 9.10. The Morgan fingerprint density at radius 2 is 1.05 bits per heavy atom. The van der Waals surface area contributed by atoms with Crippen molar-refractivity contribution in [1.29, 1.82) is 0 Å². The van der Waals surface area contributed by atoms with Gasteiger partial charge in [-0.15, -0.1) is 0 Å². The van der Waals surface area contributed by atoms with E-state index in [9.17, 15) is 0 Å². The van der Waals surface area contributed by atoms with E-state index < -0.39 is 18.5 Å². The Labute approximate surface area is 226 Å². The molecule has 0 spiro atoms. The van der Waals surface area contributed by atoms with Crippen LogP contribution in [-0.4, -0.2) is 49.0 Å². The van der Waals surface area contributed by atoms with Crippen LogP contribution in [0, 0.1) is 0 Å². The standard InChI is InChI=1S/C32H40O6/c1-25-29(35-22-26-14-6-2-7-15-26)30(36-23-27-16-8-3-9-17-27)31(37-24-28-18-10-4-11-19-28)32(38-25)34-21-13-5-12-20-33/h2-4,6-11,14-19,25,29-33H,5,12-13,20-24H2,1H3/t25-,29-,30+,31+,32+/m0/s1. The quantitative estimate of drug-likeness (QED) is 0.261. The Balaban J connectivity index is 1.53. The molecule has 6 nitrogen and oxygen atoms in total. The summed E-state index contributed by atoms with van der Waals surface area (Å²) in [6, 6.07) is 30.3. The zero-order valence-corrected chi connectivity index (χ0v) is 22.2. The van der Waals surface area contributed by atoms with Crippen molar-refractivity contribution in [3.63, 3.8) is 0 Å². The van der Waals surface area contributed by atoms with Gasteiger partial charge in [-0.3, -0.25) is 0 Å². The summed E-state index contributed by atoms with van der Waals surface area (Å²) in [4.78, 5) is 0. The van der Waals surface area contributed by atoms with Crippen molar-refractivity contribution in [2.24, 2.45) is 0 Å². The van der Waals surface area contributed by atoms with Crippen LogP contribution in [0.4, 0.5) is 0 Å². The Kier molecular flexibility index (Phi) is 11.8. The predicted octanol–water partition coefficient (Wildman–Crippen LogP) is 5.67. The molecule has 1 fully saturated rings.